The Morgan fingerprint density at radius 2 is 2.29 bits per heavy atom. The molecule has 0 aromatic carbocycles. The van der Waals surface area contributed by atoms with Gasteiger partial charge in [0.05, 0.1) is 0 Å². The van der Waals surface area contributed by atoms with Crippen molar-refractivity contribution in [3.8, 4) is 0 Å². The van der Waals surface area contributed by atoms with Crippen LogP contribution in [-0.2, 0) is 17.9 Å². The molecule has 0 amide bonds. The summed E-state index contributed by atoms with van der Waals surface area (Å²) in [5, 5.41) is 13.1. The third-order valence-corrected chi connectivity index (χ3v) is 2.61. The summed E-state index contributed by atoms with van der Waals surface area (Å²) in [5.74, 6) is 1.26. The first-order valence-electron chi connectivity index (χ1n) is 4.95. The maximum atomic E-state index is 8.99. The monoisotopic (exact) mass is 197 g/mol. The molecule has 0 spiro atoms. The highest BCUT2D eigenvalue weighted by molar-refractivity contribution is 4.81. The van der Waals surface area contributed by atoms with E-state index in [9.17, 15) is 0 Å². The van der Waals surface area contributed by atoms with Gasteiger partial charge in [0.1, 0.15) is 12.9 Å². The van der Waals surface area contributed by atoms with E-state index in [2.05, 4.69) is 10.1 Å². The van der Waals surface area contributed by atoms with Crippen molar-refractivity contribution in [2.24, 2.45) is 5.92 Å². The van der Waals surface area contributed by atoms with Crippen LogP contribution in [0.25, 0.3) is 0 Å². The largest absolute Gasteiger partial charge is 0.388 e. The summed E-state index contributed by atoms with van der Waals surface area (Å²) >= 11 is 0. The van der Waals surface area contributed by atoms with E-state index in [-0.39, 0.29) is 6.61 Å². The third kappa shape index (κ3) is 2.10. The van der Waals surface area contributed by atoms with Crippen molar-refractivity contribution in [1.82, 2.24) is 14.8 Å². The Morgan fingerprint density at radius 1 is 1.50 bits per heavy atom. The highest BCUT2D eigenvalue weighted by Crippen LogP contribution is 2.16. The second-order valence-corrected chi connectivity index (χ2v) is 3.57. The standard InChI is InChI=1S/C9H15N3O2/c13-6-9-10-7-11-12(9)5-8-1-3-14-4-2-8/h7-8,13H,1-6H2. The van der Waals surface area contributed by atoms with Crippen molar-refractivity contribution in [2.45, 2.75) is 26.0 Å². The minimum atomic E-state index is -0.0385. The lowest BCUT2D eigenvalue weighted by Crippen LogP contribution is -2.22. The van der Waals surface area contributed by atoms with E-state index in [0.717, 1.165) is 32.6 Å². The zero-order chi connectivity index (χ0) is 9.80. The summed E-state index contributed by atoms with van der Waals surface area (Å²) < 4.78 is 7.07. The van der Waals surface area contributed by atoms with Gasteiger partial charge < -0.3 is 9.84 Å². The van der Waals surface area contributed by atoms with Gasteiger partial charge in [-0.1, -0.05) is 0 Å². The molecule has 1 aromatic heterocycles. The predicted molar refractivity (Wildman–Crippen MR) is 49.5 cm³/mol. The van der Waals surface area contributed by atoms with Gasteiger partial charge in [-0.05, 0) is 18.8 Å². The summed E-state index contributed by atoms with van der Waals surface area (Å²) in [4.78, 5) is 3.97. The average molecular weight is 197 g/mol. The molecule has 1 N–H and O–H groups in total. The van der Waals surface area contributed by atoms with E-state index in [1.54, 1.807) is 4.68 Å². The molecule has 5 heteroatoms. The maximum Gasteiger partial charge on any atom is 0.152 e. The topological polar surface area (TPSA) is 60.2 Å². The number of ether oxygens (including phenoxy) is 1. The van der Waals surface area contributed by atoms with Crippen molar-refractivity contribution in [1.29, 1.82) is 0 Å². The second-order valence-electron chi connectivity index (χ2n) is 3.57. The zero-order valence-electron chi connectivity index (χ0n) is 8.09. The molecule has 2 rings (SSSR count). The number of aliphatic hydroxyl groups is 1. The number of hydrogen-bond acceptors (Lipinski definition) is 4. The summed E-state index contributed by atoms with van der Waals surface area (Å²) in [6, 6.07) is 0. The molecule has 0 unspecified atom stereocenters. The lowest BCUT2D eigenvalue weighted by atomic mass is 10.0. The summed E-state index contributed by atoms with van der Waals surface area (Å²) in [6.45, 7) is 2.49. The van der Waals surface area contributed by atoms with E-state index in [1.807, 2.05) is 0 Å². The lowest BCUT2D eigenvalue weighted by Gasteiger charge is -2.22. The molecular formula is C9H15N3O2. The number of aliphatic hydroxyl groups excluding tert-OH is 1. The number of aromatic nitrogens is 3. The van der Waals surface area contributed by atoms with Crippen LogP contribution in [-0.4, -0.2) is 33.1 Å². The fraction of sp³-hybridized carbons (Fsp3) is 0.778. The SMILES string of the molecule is OCc1ncnn1CC1CCOCC1. The van der Waals surface area contributed by atoms with E-state index < -0.39 is 0 Å². The fourth-order valence-electron chi connectivity index (χ4n) is 1.74. The average Bonchev–Trinajstić information content (AvgIpc) is 2.67. The van der Waals surface area contributed by atoms with Crippen molar-refractivity contribution in [2.75, 3.05) is 13.2 Å². The van der Waals surface area contributed by atoms with Crippen LogP contribution in [0.2, 0.25) is 0 Å². The number of hydrogen-bond donors (Lipinski definition) is 1. The van der Waals surface area contributed by atoms with Crippen LogP contribution in [0, 0.1) is 5.92 Å². The van der Waals surface area contributed by atoms with Crippen LogP contribution in [0.1, 0.15) is 18.7 Å². The van der Waals surface area contributed by atoms with Gasteiger partial charge in [-0.3, -0.25) is 0 Å². The molecule has 78 valence electrons. The molecule has 0 saturated carbocycles. The van der Waals surface area contributed by atoms with Crippen LogP contribution < -0.4 is 0 Å². The van der Waals surface area contributed by atoms with Crippen LogP contribution >= 0.6 is 0 Å². The van der Waals surface area contributed by atoms with Crippen LogP contribution in [0.3, 0.4) is 0 Å². The maximum absolute atomic E-state index is 8.99. The predicted octanol–water partition coefficient (Wildman–Crippen LogP) is 0.197. The van der Waals surface area contributed by atoms with Gasteiger partial charge in [-0.25, -0.2) is 9.67 Å². The Kier molecular flexibility index (Phi) is 3.10. The lowest BCUT2D eigenvalue weighted by molar-refractivity contribution is 0.0594. The molecule has 1 aliphatic rings. The highest BCUT2D eigenvalue weighted by Gasteiger charge is 2.16. The summed E-state index contributed by atoms with van der Waals surface area (Å²) in [6.07, 6.45) is 3.64. The van der Waals surface area contributed by atoms with E-state index in [0.29, 0.717) is 11.7 Å². The molecule has 0 bridgehead atoms. The summed E-state index contributed by atoms with van der Waals surface area (Å²) in [7, 11) is 0. The molecule has 1 saturated heterocycles. The highest BCUT2D eigenvalue weighted by atomic mass is 16.5. The minimum Gasteiger partial charge on any atom is -0.388 e. The summed E-state index contributed by atoms with van der Waals surface area (Å²) in [5.41, 5.74) is 0. The Balaban J connectivity index is 1.95. The molecule has 5 nitrogen and oxygen atoms in total. The van der Waals surface area contributed by atoms with Crippen molar-refractivity contribution in [3.63, 3.8) is 0 Å². The van der Waals surface area contributed by atoms with Crippen molar-refractivity contribution in [3.05, 3.63) is 12.2 Å². The fourth-order valence-corrected chi connectivity index (χ4v) is 1.74. The number of rotatable bonds is 3. The van der Waals surface area contributed by atoms with Crippen LogP contribution in [0.4, 0.5) is 0 Å². The molecule has 0 radical (unpaired) electrons. The number of nitrogens with zero attached hydrogens (tertiary/aromatic N) is 3. The Hall–Kier alpha value is -0.940. The van der Waals surface area contributed by atoms with Crippen molar-refractivity contribution < 1.29 is 9.84 Å². The first-order valence-corrected chi connectivity index (χ1v) is 4.95. The Labute approximate surface area is 82.7 Å². The molecule has 0 atom stereocenters. The molecular weight excluding hydrogens is 182 g/mol. The Bertz CT molecular complexity index is 281. The minimum absolute atomic E-state index is 0.0385. The van der Waals surface area contributed by atoms with E-state index in [1.165, 1.54) is 6.33 Å². The van der Waals surface area contributed by atoms with Gasteiger partial charge in [0.15, 0.2) is 5.82 Å². The third-order valence-electron chi connectivity index (χ3n) is 2.61. The van der Waals surface area contributed by atoms with Gasteiger partial charge >= 0.3 is 0 Å². The van der Waals surface area contributed by atoms with Gasteiger partial charge in [0.25, 0.3) is 0 Å². The first kappa shape index (κ1) is 9.61. The molecule has 1 fully saturated rings. The smallest absolute Gasteiger partial charge is 0.152 e. The van der Waals surface area contributed by atoms with E-state index in [4.69, 9.17) is 9.84 Å². The van der Waals surface area contributed by atoms with Crippen LogP contribution in [0.5, 0.6) is 0 Å². The van der Waals surface area contributed by atoms with Crippen LogP contribution in [0.15, 0.2) is 6.33 Å². The molecule has 0 aliphatic carbocycles. The quantitative estimate of drug-likeness (QED) is 0.751. The molecule has 1 aromatic rings. The second kappa shape index (κ2) is 4.52. The van der Waals surface area contributed by atoms with Gasteiger partial charge in [0, 0.05) is 19.8 Å². The van der Waals surface area contributed by atoms with Gasteiger partial charge in [0.2, 0.25) is 0 Å². The van der Waals surface area contributed by atoms with Gasteiger partial charge in [-0.15, -0.1) is 0 Å². The Morgan fingerprint density at radius 3 is 3.00 bits per heavy atom. The van der Waals surface area contributed by atoms with Gasteiger partial charge in [-0.2, -0.15) is 5.10 Å². The molecule has 14 heavy (non-hydrogen) atoms. The molecule has 2 heterocycles. The normalized spacial score (nSPS) is 18.6. The zero-order valence-corrected chi connectivity index (χ0v) is 8.09. The van der Waals surface area contributed by atoms with Crippen molar-refractivity contribution >= 4 is 0 Å². The molecule has 1 aliphatic heterocycles. The van der Waals surface area contributed by atoms with E-state index >= 15 is 0 Å². The first-order chi connectivity index (χ1) is 6.90.